The molecule has 4 nitrogen and oxygen atoms in total. The van der Waals surface area contributed by atoms with Crippen molar-refractivity contribution in [3.8, 4) is 5.75 Å². The largest absolute Gasteiger partial charge is 0.573 e. The van der Waals surface area contributed by atoms with Crippen molar-refractivity contribution in [1.82, 2.24) is 0 Å². The maximum Gasteiger partial charge on any atom is 0.573 e. The summed E-state index contributed by atoms with van der Waals surface area (Å²) >= 11 is 0. The van der Waals surface area contributed by atoms with Crippen LogP contribution in [0.2, 0.25) is 0 Å². The number of nitrogens with zero attached hydrogens (tertiary/aromatic N) is 1. The molecule has 0 aromatic heterocycles. The molecule has 0 amide bonds. The van der Waals surface area contributed by atoms with E-state index in [0.717, 1.165) is 12.1 Å². The van der Waals surface area contributed by atoms with Gasteiger partial charge in [-0.25, -0.2) is 0 Å². The van der Waals surface area contributed by atoms with Crippen LogP contribution in [0.5, 0.6) is 5.75 Å². The fraction of sp³-hybridized carbons (Fsp3) is 0.200. The second kappa shape index (κ2) is 3.76. The molecule has 1 aliphatic carbocycles. The number of hydrogen-bond donors (Lipinski definition) is 1. The summed E-state index contributed by atoms with van der Waals surface area (Å²) in [5, 5.41) is 11.3. The van der Waals surface area contributed by atoms with E-state index in [-0.39, 0.29) is 17.7 Å². The SMILES string of the molecule is O=C1/C(=N/O)Cc2cc(OC(F)(F)F)ccc21. The van der Waals surface area contributed by atoms with Crippen LogP contribution in [-0.4, -0.2) is 23.1 Å². The molecule has 1 aromatic carbocycles. The summed E-state index contributed by atoms with van der Waals surface area (Å²) in [6, 6.07) is 3.38. The Morgan fingerprint density at radius 1 is 1.35 bits per heavy atom. The van der Waals surface area contributed by atoms with Crippen molar-refractivity contribution < 1.29 is 27.9 Å². The number of Topliss-reactive ketones (excluding diaryl/α,β-unsaturated/α-hetero) is 1. The maximum atomic E-state index is 12.0. The van der Waals surface area contributed by atoms with Crippen LogP contribution in [0.15, 0.2) is 23.4 Å². The summed E-state index contributed by atoms with van der Waals surface area (Å²) in [6.07, 6.45) is -4.77. The van der Waals surface area contributed by atoms with Gasteiger partial charge >= 0.3 is 6.36 Å². The first-order chi connectivity index (χ1) is 7.90. The minimum Gasteiger partial charge on any atom is -0.411 e. The summed E-state index contributed by atoms with van der Waals surface area (Å²) in [7, 11) is 0. The van der Waals surface area contributed by atoms with Crippen molar-refractivity contribution in [2.75, 3.05) is 0 Å². The van der Waals surface area contributed by atoms with Gasteiger partial charge in [-0.2, -0.15) is 0 Å². The van der Waals surface area contributed by atoms with Gasteiger partial charge in [-0.05, 0) is 23.8 Å². The number of halogens is 3. The highest BCUT2D eigenvalue weighted by molar-refractivity contribution is 6.49. The molecule has 0 bridgehead atoms. The average Bonchev–Trinajstić information content (AvgIpc) is 2.52. The average molecular weight is 245 g/mol. The molecule has 17 heavy (non-hydrogen) atoms. The maximum absolute atomic E-state index is 12.0. The van der Waals surface area contributed by atoms with Crippen LogP contribution in [0, 0.1) is 0 Å². The van der Waals surface area contributed by atoms with Gasteiger partial charge in [0.2, 0.25) is 5.78 Å². The number of alkyl halides is 3. The standard InChI is InChI=1S/C10H6F3NO3/c11-10(12,13)17-6-1-2-7-5(3-6)4-8(14-16)9(7)15/h1-3,16H,4H2/b14-8+. The minimum atomic E-state index is -4.77. The van der Waals surface area contributed by atoms with Crippen molar-refractivity contribution in [1.29, 1.82) is 0 Å². The van der Waals surface area contributed by atoms with Crippen LogP contribution in [0.3, 0.4) is 0 Å². The third-order valence-corrected chi connectivity index (χ3v) is 2.30. The van der Waals surface area contributed by atoms with Gasteiger partial charge in [-0.15, -0.1) is 13.2 Å². The normalized spacial score (nSPS) is 17.4. The second-order valence-electron chi connectivity index (χ2n) is 3.42. The predicted octanol–water partition coefficient (Wildman–Crippen LogP) is 2.15. The molecule has 0 saturated carbocycles. The summed E-state index contributed by atoms with van der Waals surface area (Å²) in [5.74, 6) is -0.885. The van der Waals surface area contributed by atoms with Crippen LogP contribution >= 0.6 is 0 Å². The predicted molar refractivity (Wildman–Crippen MR) is 50.4 cm³/mol. The molecule has 7 heteroatoms. The van der Waals surface area contributed by atoms with Gasteiger partial charge in [-0.3, -0.25) is 4.79 Å². The monoisotopic (exact) mass is 245 g/mol. The molecule has 1 aromatic rings. The quantitative estimate of drug-likeness (QED) is 0.609. The Balaban J connectivity index is 2.33. The molecule has 0 heterocycles. The Kier molecular flexibility index (Phi) is 2.53. The molecule has 1 aliphatic rings. The van der Waals surface area contributed by atoms with Gasteiger partial charge in [0.25, 0.3) is 0 Å². The van der Waals surface area contributed by atoms with Crippen molar-refractivity contribution in [2.24, 2.45) is 5.16 Å². The van der Waals surface area contributed by atoms with Crippen molar-refractivity contribution in [3.05, 3.63) is 29.3 Å². The Labute approximate surface area is 93.3 Å². The first-order valence-corrected chi connectivity index (χ1v) is 4.55. The third kappa shape index (κ3) is 2.22. The number of carbonyl (C=O) groups excluding carboxylic acids is 1. The van der Waals surface area contributed by atoms with Gasteiger partial charge in [0, 0.05) is 12.0 Å². The van der Waals surface area contributed by atoms with E-state index < -0.39 is 17.9 Å². The molecule has 0 unspecified atom stereocenters. The first kappa shape index (κ1) is 11.4. The zero-order valence-electron chi connectivity index (χ0n) is 8.28. The van der Waals surface area contributed by atoms with Crippen molar-refractivity contribution in [3.63, 3.8) is 0 Å². The number of oxime groups is 1. The number of ether oxygens (including phenoxy) is 1. The smallest absolute Gasteiger partial charge is 0.411 e. The third-order valence-electron chi connectivity index (χ3n) is 2.30. The van der Waals surface area contributed by atoms with E-state index in [1.54, 1.807) is 0 Å². The van der Waals surface area contributed by atoms with E-state index in [9.17, 15) is 18.0 Å². The number of rotatable bonds is 1. The number of hydrogen-bond acceptors (Lipinski definition) is 4. The van der Waals surface area contributed by atoms with E-state index in [1.807, 2.05) is 0 Å². The lowest BCUT2D eigenvalue weighted by atomic mass is 10.1. The second-order valence-corrected chi connectivity index (χ2v) is 3.42. The Hall–Kier alpha value is -2.05. The van der Waals surface area contributed by atoms with E-state index in [0.29, 0.717) is 5.56 Å². The molecule has 1 N–H and O–H groups in total. The van der Waals surface area contributed by atoms with Crippen LogP contribution < -0.4 is 4.74 Å². The van der Waals surface area contributed by atoms with Crippen LogP contribution in [0.1, 0.15) is 15.9 Å². The van der Waals surface area contributed by atoms with E-state index >= 15 is 0 Å². The molecule has 2 rings (SSSR count). The number of carbonyl (C=O) groups is 1. The molecular weight excluding hydrogens is 239 g/mol. The van der Waals surface area contributed by atoms with Gasteiger partial charge in [0.1, 0.15) is 11.5 Å². The zero-order valence-corrected chi connectivity index (χ0v) is 8.28. The zero-order chi connectivity index (χ0) is 12.6. The fourth-order valence-electron chi connectivity index (χ4n) is 1.63. The van der Waals surface area contributed by atoms with Gasteiger partial charge in [-0.1, -0.05) is 5.16 Å². The fourth-order valence-corrected chi connectivity index (χ4v) is 1.63. The highest BCUT2D eigenvalue weighted by Gasteiger charge is 2.33. The van der Waals surface area contributed by atoms with E-state index in [4.69, 9.17) is 5.21 Å². The van der Waals surface area contributed by atoms with Crippen molar-refractivity contribution in [2.45, 2.75) is 12.8 Å². The van der Waals surface area contributed by atoms with Crippen molar-refractivity contribution >= 4 is 11.5 Å². The molecule has 90 valence electrons. The molecule has 0 radical (unpaired) electrons. The molecule has 0 aliphatic heterocycles. The van der Waals surface area contributed by atoms with E-state index in [1.165, 1.54) is 6.07 Å². The molecular formula is C10H6F3NO3. The molecule has 0 spiro atoms. The first-order valence-electron chi connectivity index (χ1n) is 4.55. The molecule has 0 fully saturated rings. The summed E-state index contributed by atoms with van der Waals surface area (Å²) in [5.41, 5.74) is 0.487. The van der Waals surface area contributed by atoms with Crippen LogP contribution in [0.4, 0.5) is 13.2 Å². The lowest BCUT2D eigenvalue weighted by Crippen LogP contribution is -2.17. The number of fused-ring (bicyclic) bond motifs is 1. The summed E-state index contributed by atoms with van der Waals surface area (Å²) in [4.78, 5) is 11.5. The molecule has 0 saturated heterocycles. The Morgan fingerprint density at radius 3 is 2.65 bits per heavy atom. The number of ketones is 1. The topological polar surface area (TPSA) is 58.9 Å². The Morgan fingerprint density at radius 2 is 2.06 bits per heavy atom. The summed E-state index contributed by atoms with van der Waals surface area (Å²) < 4.78 is 39.6. The van der Waals surface area contributed by atoms with Gasteiger partial charge < -0.3 is 9.94 Å². The molecule has 0 atom stereocenters. The Bertz CT molecular complexity index is 508. The highest BCUT2D eigenvalue weighted by atomic mass is 19.4. The lowest BCUT2D eigenvalue weighted by molar-refractivity contribution is -0.274. The lowest BCUT2D eigenvalue weighted by Gasteiger charge is -2.09. The van der Waals surface area contributed by atoms with Crippen LogP contribution in [0.25, 0.3) is 0 Å². The van der Waals surface area contributed by atoms with Gasteiger partial charge in [0.05, 0.1) is 0 Å². The number of benzene rings is 1. The van der Waals surface area contributed by atoms with Crippen LogP contribution in [-0.2, 0) is 6.42 Å². The summed E-state index contributed by atoms with van der Waals surface area (Å²) in [6.45, 7) is 0. The van der Waals surface area contributed by atoms with Gasteiger partial charge in [0.15, 0.2) is 0 Å². The van der Waals surface area contributed by atoms with E-state index in [2.05, 4.69) is 9.89 Å². The highest BCUT2D eigenvalue weighted by Crippen LogP contribution is 2.28. The minimum absolute atomic E-state index is 0.000274.